The maximum atomic E-state index is 12.3. The van der Waals surface area contributed by atoms with Gasteiger partial charge in [-0.15, -0.1) is 0 Å². The van der Waals surface area contributed by atoms with E-state index in [1.807, 2.05) is 0 Å². The first-order valence-corrected chi connectivity index (χ1v) is 8.34. The summed E-state index contributed by atoms with van der Waals surface area (Å²) in [5.41, 5.74) is 0. The van der Waals surface area contributed by atoms with Crippen LogP contribution < -0.4 is 4.72 Å². The average molecular weight is 317 g/mol. The number of esters is 1. The lowest BCUT2D eigenvalue weighted by Crippen LogP contribution is -2.40. The van der Waals surface area contributed by atoms with Crippen molar-refractivity contribution in [3.05, 3.63) is 11.7 Å². The van der Waals surface area contributed by atoms with Gasteiger partial charge >= 0.3 is 5.97 Å². The predicted molar refractivity (Wildman–Crippen MR) is 72.8 cm³/mol. The summed E-state index contributed by atoms with van der Waals surface area (Å²) in [6.45, 7) is 1.85. The van der Waals surface area contributed by atoms with Crippen LogP contribution in [0.1, 0.15) is 31.0 Å². The molecule has 8 nitrogen and oxygen atoms in total. The number of aryl methyl sites for hydroxylation is 1. The number of ether oxygens (including phenoxy) is 1. The first-order chi connectivity index (χ1) is 9.94. The van der Waals surface area contributed by atoms with Crippen molar-refractivity contribution in [2.45, 2.75) is 37.9 Å². The highest BCUT2D eigenvalue weighted by atomic mass is 32.2. The molecule has 9 heteroatoms. The van der Waals surface area contributed by atoms with Gasteiger partial charge < -0.3 is 9.26 Å². The van der Waals surface area contributed by atoms with Gasteiger partial charge in [0, 0.05) is 13.0 Å². The molecule has 2 rings (SSSR count). The number of rotatable bonds is 6. The zero-order valence-corrected chi connectivity index (χ0v) is 12.9. The summed E-state index contributed by atoms with van der Waals surface area (Å²) in [5, 5.41) is 2.90. The van der Waals surface area contributed by atoms with Crippen LogP contribution >= 0.6 is 0 Å². The second-order valence-corrected chi connectivity index (χ2v) is 7.01. The van der Waals surface area contributed by atoms with Gasteiger partial charge in [-0.25, -0.2) is 13.1 Å². The monoisotopic (exact) mass is 317 g/mol. The Balaban J connectivity index is 1.93. The minimum Gasteiger partial charge on any atom is -0.469 e. The van der Waals surface area contributed by atoms with E-state index in [1.54, 1.807) is 6.92 Å². The minimum atomic E-state index is -3.57. The molecule has 0 saturated heterocycles. The molecule has 1 N–H and O–H groups in total. The van der Waals surface area contributed by atoms with Gasteiger partial charge in [0.2, 0.25) is 15.9 Å². The smallest absolute Gasteiger partial charge is 0.310 e. The van der Waals surface area contributed by atoms with Gasteiger partial charge in [-0.1, -0.05) is 11.6 Å². The van der Waals surface area contributed by atoms with E-state index in [4.69, 9.17) is 4.52 Å². The number of nitrogens with zero attached hydrogens (tertiary/aromatic N) is 2. The molecule has 1 aromatic rings. The van der Waals surface area contributed by atoms with Crippen molar-refractivity contribution in [1.82, 2.24) is 14.9 Å². The molecule has 0 aromatic carbocycles. The minimum absolute atomic E-state index is 0.161. The molecule has 2 atom stereocenters. The molecule has 1 aromatic heterocycles. The summed E-state index contributed by atoms with van der Waals surface area (Å²) >= 11 is 0. The maximum absolute atomic E-state index is 12.3. The highest BCUT2D eigenvalue weighted by Crippen LogP contribution is 2.31. The van der Waals surface area contributed by atoms with Gasteiger partial charge in [-0.2, -0.15) is 4.98 Å². The molecule has 1 aliphatic carbocycles. The first kappa shape index (κ1) is 15.9. The van der Waals surface area contributed by atoms with Crippen LogP contribution in [-0.2, 0) is 26.0 Å². The van der Waals surface area contributed by atoms with Crippen LogP contribution in [-0.4, -0.2) is 43.4 Å². The molecular formula is C12H19N3O5S. The van der Waals surface area contributed by atoms with E-state index < -0.39 is 27.2 Å². The Kier molecular flexibility index (Phi) is 4.94. The first-order valence-electron chi connectivity index (χ1n) is 6.79. The summed E-state index contributed by atoms with van der Waals surface area (Å²) in [4.78, 5) is 15.6. The van der Waals surface area contributed by atoms with Crippen LogP contribution in [0.2, 0.25) is 0 Å². The summed E-state index contributed by atoms with van der Waals surface area (Å²) in [7, 11) is -2.29. The van der Waals surface area contributed by atoms with Gasteiger partial charge in [0.25, 0.3) is 0 Å². The van der Waals surface area contributed by atoms with Crippen molar-refractivity contribution < 1.29 is 22.5 Å². The summed E-state index contributed by atoms with van der Waals surface area (Å²) in [6, 6.07) is 0. The van der Waals surface area contributed by atoms with Crippen molar-refractivity contribution in [2.75, 3.05) is 13.7 Å². The van der Waals surface area contributed by atoms with E-state index in [-0.39, 0.29) is 6.54 Å². The van der Waals surface area contributed by atoms with E-state index in [0.29, 0.717) is 37.4 Å². The summed E-state index contributed by atoms with van der Waals surface area (Å²) < 4.78 is 36.6. The molecule has 2 unspecified atom stereocenters. The predicted octanol–water partition coefficient (Wildman–Crippen LogP) is 0.182. The summed E-state index contributed by atoms with van der Waals surface area (Å²) in [5.74, 6) is -0.158. The number of hydrogen-bond acceptors (Lipinski definition) is 7. The fourth-order valence-electron chi connectivity index (χ4n) is 2.57. The standard InChI is InChI=1S/C12H19N3O5S/c1-8-14-11(20-15-8)6-7-13-21(17,18)10-5-3-4-9(10)12(16)19-2/h9-10,13H,3-7H2,1-2H3. The molecule has 1 heterocycles. The molecule has 0 bridgehead atoms. The van der Waals surface area contributed by atoms with Crippen LogP contribution in [0.5, 0.6) is 0 Å². The van der Waals surface area contributed by atoms with Gasteiger partial charge in [-0.3, -0.25) is 4.79 Å². The highest BCUT2D eigenvalue weighted by Gasteiger charge is 2.41. The van der Waals surface area contributed by atoms with Gasteiger partial charge in [0.1, 0.15) is 0 Å². The SMILES string of the molecule is COC(=O)C1CCCC1S(=O)(=O)NCCc1nc(C)no1. The van der Waals surface area contributed by atoms with E-state index in [1.165, 1.54) is 7.11 Å². The second-order valence-electron chi connectivity index (χ2n) is 5.02. The van der Waals surface area contributed by atoms with E-state index in [0.717, 1.165) is 0 Å². The van der Waals surface area contributed by atoms with E-state index in [2.05, 4.69) is 19.6 Å². The highest BCUT2D eigenvalue weighted by molar-refractivity contribution is 7.90. The van der Waals surface area contributed by atoms with Crippen LogP contribution in [0, 0.1) is 12.8 Å². The molecule has 0 amide bonds. The zero-order chi connectivity index (χ0) is 15.5. The van der Waals surface area contributed by atoms with Crippen LogP contribution in [0.3, 0.4) is 0 Å². The summed E-state index contributed by atoms with van der Waals surface area (Å²) in [6.07, 6.45) is 2.03. The number of methoxy groups -OCH3 is 1. The van der Waals surface area contributed by atoms with E-state index in [9.17, 15) is 13.2 Å². The fourth-order valence-corrected chi connectivity index (χ4v) is 4.32. The molecule has 1 fully saturated rings. The van der Waals surface area contributed by atoms with Crippen LogP contribution in [0.4, 0.5) is 0 Å². The average Bonchev–Trinajstić information content (AvgIpc) is 3.07. The van der Waals surface area contributed by atoms with Gasteiger partial charge in [0.15, 0.2) is 5.82 Å². The molecule has 1 saturated carbocycles. The third-order valence-electron chi connectivity index (χ3n) is 3.57. The number of nitrogens with one attached hydrogen (secondary N) is 1. The lowest BCUT2D eigenvalue weighted by Gasteiger charge is -2.18. The molecule has 0 aliphatic heterocycles. The molecular weight excluding hydrogens is 298 g/mol. The van der Waals surface area contributed by atoms with Crippen LogP contribution in [0.15, 0.2) is 4.52 Å². The lowest BCUT2D eigenvalue weighted by atomic mass is 10.1. The molecule has 0 spiro atoms. The number of carbonyl (C=O) groups is 1. The van der Waals surface area contributed by atoms with Crippen molar-refractivity contribution >= 4 is 16.0 Å². The Morgan fingerprint density at radius 3 is 2.86 bits per heavy atom. The fraction of sp³-hybridized carbons (Fsp3) is 0.750. The van der Waals surface area contributed by atoms with Crippen molar-refractivity contribution in [2.24, 2.45) is 5.92 Å². The van der Waals surface area contributed by atoms with Gasteiger partial charge in [0.05, 0.1) is 18.3 Å². The largest absolute Gasteiger partial charge is 0.469 e. The Hall–Kier alpha value is -1.48. The molecule has 118 valence electrons. The number of sulfonamides is 1. The normalized spacial score (nSPS) is 22.4. The Morgan fingerprint density at radius 1 is 1.48 bits per heavy atom. The van der Waals surface area contributed by atoms with Crippen molar-refractivity contribution in [3.63, 3.8) is 0 Å². The number of carbonyl (C=O) groups excluding carboxylic acids is 1. The quantitative estimate of drug-likeness (QED) is 0.745. The van der Waals surface area contributed by atoms with E-state index >= 15 is 0 Å². The van der Waals surface area contributed by atoms with Crippen molar-refractivity contribution in [3.8, 4) is 0 Å². The topological polar surface area (TPSA) is 111 Å². The van der Waals surface area contributed by atoms with Crippen molar-refractivity contribution in [1.29, 1.82) is 0 Å². The molecule has 1 aliphatic rings. The molecule has 21 heavy (non-hydrogen) atoms. The lowest BCUT2D eigenvalue weighted by molar-refractivity contribution is -0.145. The molecule has 0 radical (unpaired) electrons. The third-order valence-corrected chi connectivity index (χ3v) is 5.53. The Bertz CT molecular complexity index is 598. The number of hydrogen-bond donors (Lipinski definition) is 1. The maximum Gasteiger partial charge on any atom is 0.310 e. The Labute approximate surface area is 123 Å². The van der Waals surface area contributed by atoms with Crippen LogP contribution in [0.25, 0.3) is 0 Å². The Morgan fingerprint density at radius 2 is 2.24 bits per heavy atom. The zero-order valence-electron chi connectivity index (χ0n) is 12.0. The second kappa shape index (κ2) is 6.52. The third kappa shape index (κ3) is 3.79. The number of aromatic nitrogens is 2. The van der Waals surface area contributed by atoms with Gasteiger partial charge in [-0.05, 0) is 19.8 Å².